The lowest BCUT2D eigenvalue weighted by Crippen LogP contribution is -2.22. The fraction of sp³-hybridized carbons (Fsp3) is 0.556. The van der Waals surface area contributed by atoms with Crippen molar-refractivity contribution < 1.29 is 0 Å². The van der Waals surface area contributed by atoms with Gasteiger partial charge in [-0.1, -0.05) is 0 Å². The van der Waals surface area contributed by atoms with E-state index in [-0.39, 0.29) is 5.57 Å². The van der Waals surface area contributed by atoms with Gasteiger partial charge in [0.25, 0.3) is 0 Å². The molecule has 0 aliphatic heterocycles. The molecule has 1 rings (SSSR count). The van der Waals surface area contributed by atoms with E-state index in [1.807, 2.05) is 0 Å². The first kappa shape index (κ1) is 8.62. The summed E-state index contributed by atoms with van der Waals surface area (Å²) in [7, 11) is 0. The summed E-state index contributed by atoms with van der Waals surface area (Å²) in [4.78, 5) is 0. The van der Waals surface area contributed by atoms with Crippen LogP contribution in [0.25, 0.3) is 0 Å². The van der Waals surface area contributed by atoms with E-state index in [1.54, 1.807) is 12.1 Å². The molecule has 1 aliphatic rings. The number of nitrogens with one attached hydrogen (secondary N) is 1. The predicted molar refractivity (Wildman–Crippen MR) is 44.6 cm³/mol. The summed E-state index contributed by atoms with van der Waals surface area (Å²) in [6, 6.07) is 4.00. The molecule has 0 aromatic rings. The van der Waals surface area contributed by atoms with Gasteiger partial charge in [-0.25, -0.2) is 0 Å². The molecule has 12 heavy (non-hydrogen) atoms. The van der Waals surface area contributed by atoms with Crippen LogP contribution in [0.4, 0.5) is 0 Å². The van der Waals surface area contributed by atoms with Crippen molar-refractivity contribution in [2.45, 2.75) is 25.8 Å². The Kier molecular flexibility index (Phi) is 2.71. The van der Waals surface area contributed by atoms with Gasteiger partial charge in [0.2, 0.25) is 0 Å². The lowest BCUT2D eigenvalue weighted by atomic mass is 10.2. The Morgan fingerprint density at radius 2 is 2.08 bits per heavy atom. The molecular weight excluding hydrogens is 150 g/mol. The van der Waals surface area contributed by atoms with Crippen LogP contribution >= 0.6 is 0 Å². The second kappa shape index (κ2) is 3.78. The zero-order valence-corrected chi connectivity index (χ0v) is 7.04. The standard InChI is InChI=1S/C9H11N3/c1-7(9-2-3-9)12-6-8(4-10)5-11/h6-7,9,12H,2-3H2,1H3. The molecule has 0 amide bonds. The van der Waals surface area contributed by atoms with Gasteiger partial charge in [-0.2, -0.15) is 10.5 Å². The Balaban J connectivity index is 2.37. The van der Waals surface area contributed by atoms with Gasteiger partial charge in [0.15, 0.2) is 0 Å². The molecule has 0 aromatic heterocycles. The van der Waals surface area contributed by atoms with Crippen LogP contribution in [0.2, 0.25) is 0 Å². The van der Waals surface area contributed by atoms with E-state index in [4.69, 9.17) is 10.5 Å². The van der Waals surface area contributed by atoms with Gasteiger partial charge < -0.3 is 5.32 Å². The Morgan fingerprint density at radius 3 is 2.50 bits per heavy atom. The summed E-state index contributed by atoms with van der Waals surface area (Å²) in [5.74, 6) is 0.736. The lowest BCUT2D eigenvalue weighted by Gasteiger charge is -2.08. The van der Waals surface area contributed by atoms with Gasteiger partial charge in [0, 0.05) is 12.2 Å². The number of allylic oxidation sites excluding steroid dienone is 1. The summed E-state index contributed by atoms with van der Waals surface area (Å²) < 4.78 is 0. The zero-order chi connectivity index (χ0) is 8.97. The maximum Gasteiger partial charge on any atom is 0.145 e. The third-order valence-electron chi connectivity index (χ3n) is 2.06. The minimum atomic E-state index is 0.141. The van der Waals surface area contributed by atoms with Crippen LogP contribution < -0.4 is 5.32 Å². The minimum absolute atomic E-state index is 0.141. The Bertz CT molecular complexity index is 246. The van der Waals surface area contributed by atoms with Gasteiger partial charge >= 0.3 is 0 Å². The van der Waals surface area contributed by atoms with Crippen molar-refractivity contribution in [1.82, 2.24) is 5.32 Å². The van der Waals surface area contributed by atoms with Crippen LogP contribution in [-0.2, 0) is 0 Å². The van der Waals surface area contributed by atoms with Crippen molar-refractivity contribution in [2.75, 3.05) is 0 Å². The topological polar surface area (TPSA) is 59.6 Å². The Labute approximate surface area is 72.3 Å². The van der Waals surface area contributed by atoms with Crippen molar-refractivity contribution in [3.8, 4) is 12.1 Å². The van der Waals surface area contributed by atoms with Crippen LogP contribution in [0.3, 0.4) is 0 Å². The third kappa shape index (κ3) is 2.29. The van der Waals surface area contributed by atoms with Crippen LogP contribution in [0.1, 0.15) is 19.8 Å². The molecule has 1 saturated carbocycles. The number of nitrogens with zero attached hydrogens (tertiary/aromatic N) is 2. The third-order valence-corrected chi connectivity index (χ3v) is 2.06. The normalized spacial score (nSPS) is 16.9. The summed E-state index contributed by atoms with van der Waals surface area (Å²) in [5, 5.41) is 19.9. The summed E-state index contributed by atoms with van der Waals surface area (Å²) in [5.41, 5.74) is 0.141. The molecule has 1 fully saturated rings. The van der Waals surface area contributed by atoms with Crippen LogP contribution in [0.5, 0.6) is 0 Å². The maximum absolute atomic E-state index is 8.41. The van der Waals surface area contributed by atoms with Gasteiger partial charge in [0.05, 0.1) is 0 Å². The van der Waals surface area contributed by atoms with E-state index in [2.05, 4.69) is 12.2 Å². The van der Waals surface area contributed by atoms with Crippen molar-refractivity contribution in [2.24, 2.45) is 5.92 Å². The molecule has 0 bridgehead atoms. The highest BCUT2D eigenvalue weighted by molar-refractivity contribution is 5.34. The van der Waals surface area contributed by atoms with Crippen LogP contribution in [0.15, 0.2) is 11.8 Å². The maximum atomic E-state index is 8.41. The van der Waals surface area contributed by atoms with Crippen molar-refractivity contribution >= 4 is 0 Å². The average molecular weight is 161 g/mol. The highest BCUT2D eigenvalue weighted by Crippen LogP contribution is 2.32. The molecule has 1 N–H and O–H groups in total. The van der Waals surface area contributed by atoms with E-state index in [0.29, 0.717) is 6.04 Å². The molecule has 3 nitrogen and oxygen atoms in total. The van der Waals surface area contributed by atoms with Gasteiger partial charge in [0.1, 0.15) is 17.7 Å². The Morgan fingerprint density at radius 1 is 1.50 bits per heavy atom. The molecule has 1 unspecified atom stereocenters. The molecule has 1 atom stereocenters. The molecular formula is C9H11N3. The SMILES string of the molecule is CC(NC=C(C#N)C#N)C1CC1. The predicted octanol–water partition coefficient (Wildman–Crippen LogP) is 1.31. The van der Waals surface area contributed by atoms with E-state index in [1.165, 1.54) is 19.0 Å². The van der Waals surface area contributed by atoms with Gasteiger partial charge in [-0.15, -0.1) is 0 Å². The van der Waals surface area contributed by atoms with E-state index in [0.717, 1.165) is 5.92 Å². The molecule has 0 saturated heterocycles. The van der Waals surface area contributed by atoms with Gasteiger partial charge in [-0.05, 0) is 25.7 Å². The fourth-order valence-electron chi connectivity index (χ4n) is 1.04. The Hall–Kier alpha value is -1.48. The van der Waals surface area contributed by atoms with Gasteiger partial charge in [-0.3, -0.25) is 0 Å². The fourth-order valence-corrected chi connectivity index (χ4v) is 1.04. The monoisotopic (exact) mass is 161 g/mol. The van der Waals surface area contributed by atoms with E-state index >= 15 is 0 Å². The first-order valence-corrected chi connectivity index (χ1v) is 4.04. The quantitative estimate of drug-likeness (QED) is 0.635. The molecule has 0 aromatic carbocycles. The molecule has 0 heterocycles. The molecule has 62 valence electrons. The summed E-state index contributed by atoms with van der Waals surface area (Å²) in [6.45, 7) is 2.07. The number of nitriles is 2. The molecule has 0 spiro atoms. The van der Waals surface area contributed by atoms with E-state index < -0.39 is 0 Å². The van der Waals surface area contributed by atoms with E-state index in [9.17, 15) is 0 Å². The lowest BCUT2D eigenvalue weighted by molar-refractivity contribution is 0.567. The largest absolute Gasteiger partial charge is 0.387 e. The second-order valence-electron chi connectivity index (χ2n) is 3.07. The number of hydrogen-bond donors (Lipinski definition) is 1. The molecule has 3 heteroatoms. The minimum Gasteiger partial charge on any atom is -0.387 e. The first-order chi connectivity index (χ1) is 5.77. The summed E-state index contributed by atoms with van der Waals surface area (Å²) >= 11 is 0. The highest BCUT2D eigenvalue weighted by atomic mass is 14.9. The van der Waals surface area contributed by atoms with Crippen molar-refractivity contribution in [3.05, 3.63) is 11.8 Å². The average Bonchev–Trinajstić information content (AvgIpc) is 2.88. The molecule has 1 aliphatic carbocycles. The van der Waals surface area contributed by atoms with Crippen molar-refractivity contribution in [1.29, 1.82) is 10.5 Å². The highest BCUT2D eigenvalue weighted by Gasteiger charge is 2.26. The summed E-state index contributed by atoms with van der Waals surface area (Å²) in [6.07, 6.45) is 4.02. The first-order valence-electron chi connectivity index (χ1n) is 4.04. The van der Waals surface area contributed by atoms with Crippen LogP contribution in [-0.4, -0.2) is 6.04 Å². The zero-order valence-electron chi connectivity index (χ0n) is 7.04. The van der Waals surface area contributed by atoms with Crippen LogP contribution in [0, 0.1) is 28.6 Å². The smallest absolute Gasteiger partial charge is 0.145 e. The number of hydrogen-bond acceptors (Lipinski definition) is 3. The molecule has 0 radical (unpaired) electrons. The number of rotatable bonds is 3. The van der Waals surface area contributed by atoms with Crippen molar-refractivity contribution in [3.63, 3.8) is 0 Å². The second-order valence-corrected chi connectivity index (χ2v) is 3.07.